The average Bonchev–Trinajstić information content (AvgIpc) is 2.22. The van der Waals surface area contributed by atoms with Crippen LogP contribution in [0.1, 0.15) is 19.4 Å². The lowest BCUT2D eigenvalue weighted by atomic mass is 10.2. The molecule has 0 spiro atoms. The van der Waals surface area contributed by atoms with Crippen molar-refractivity contribution in [2.45, 2.75) is 20.4 Å². The first kappa shape index (κ1) is 14.7. The van der Waals surface area contributed by atoms with E-state index in [0.717, 1.165) is 38.9 Å². The minimum Gasteiger partial charge on any atom is -0.492 e. The van der Waals surface area contributed by atoms with Gasteiger partial charge in [0, 0.05) is 23.1 Å². The Hall–Kier alpha value is -0.320. The number of benzene rings is 1. The fraction of sp³-hybridized carbons (Fsp3) is 0.385. The minimum atomic E-state index is 0.660. The second-order valence-electron chi connectivity index (χ2n) is 3.87. The molecule has 4 heteroatoms. The van der Waals surface area contributed by atoms with Gasteiger partial charge in [-0.05, 0) is 41.9 Å². The Morgan fingerprint density at radius 1 is 1.41 bits per heavy atom. The fourth-order valence-electron chi connectivity index (χ4n) is 1.46. The zero-order chi connectivity index (χ0) is 12.8. The third-order valence-corrected chi connectivity index (χ3v) is 3.16. The average molecular weight is 363 g/mol. The topological polar surface area (TPSA) is 21.3 Å². The molecule has 1 aromatic carbocycles. The van der Waals surface area contributed by atoms with Crippen molar-refractivity contribution >= 4 is 31.9 Å². The molecule has 0 heterocycles. The summed E-state index contributed by atoms with van der Waals surface area (Å²) in [5.74, 6) is 0.907. The molecule has 0 saturated carbocycles. The number of halogens is 2. The molecule has 1 aromatic rings. The van der Waals surface area contributed by atoms with Crippen LogP contribution >= 0.6 is 31.9 Å². The summed E-state index contributed by atoms with van der Waals surface area (Å²) in [6.45, 7) is 10.1. The summed E-state index contributed by atoms with van der Waals surface area (Å²) >= 11 is 7.01. The van der Waals surface area contributed by atoms with Gasteiger partial charge in [0.25, 0.3) is 0 Å². The van der Waals surface area contributed by atoms with E-state index in [0.29, 0.717) is 6.61 Å². The van der Waals surface area contributed by atoms with E-state index in [2.05, 4.69) is 49.8 Å². The van der Waals surface area contributed by atoms with Gasteiger partial charge in [-0.1, -0.05) is 28.1 Å². The van der Waals surface area contributed by atoms with Crippen molar-refractivity contribution in [3.8, 4) is 5.75 Å². The number of hydrogen-bond acceptors (Lipinski definition) is 2. The highest BCUT2D eigenvalue weighted by molar-refractivity contribution is 9.11. The number of rotatable bonds is 6. The summed E-state index contributed by atoms with van der Waals surface area (Å²) in [5, 5.41) is 3.33. The SMILES string of the molecule is C=C(C)CNCc1cc(Br)cc(Br)c1OCC. The maximum Gasteiger partial charge on any atom is 0.138 e. The molecule has 94 valence electrons. The standard InChI is InChI=1S/C13H17Br2NO/c1-4-17-13-10(8-16-7-9(2)3)5-11(14)6-12(13)15/h5-6,16H,2,4,7-8H2,1,3H3. The predicted octanol–water partition coefficient (Wildman–Crippen LogP) is 4.28. The third-order valence-electron chi connectivity index (χ3n) is 2.12. The second kappa shape index (κ2) is 7.19. The van der Waals surface area contributed by atoms with Crippen LogP contribution in [0.5, 0.6) is 5.75 Å². The highest BCUT2D eigenvalue weighted by Crippen LogP contribution is 2.32. The molecule has 17 heavy (non-hydrogen) atoms. The normalized spacial score (nSPS) is 10.4. The van der Waals surface area contributed by atoms with E-state index >= 15 is 0 Å². The molecule has 0 aromatic heterocycles. The summed E-state index contributed by atoms with van der Waals surface area (Å²) in [5.41, 5.74) is 2.26. The molecule has 0 atom stereocenters. The van der Waals surface area contributed by atoms with Crippen LogP contribution in [0, 0.1) is 0 Å². The molecular weight excluding hydrogens is 346 g/mol. The Labute approximate surface area is 120 Å². The van der Waals surface area contributed by atoms with E-state index in [-0.39, 0.29) is 0 Å². The predicted molar refractivity (Wildman–Crippen MR) is 79.5 cm³/mol. The van der Waals surface area contributed by atoms with Gasteiger partial charge in [-0.2, -0.15) is 0 Å². The van der Waals surface area contributed by atoms with Crippen LogP contribution in [0.15, 0.2) is 33.2 Å². The fourth-order valence-corrected chi connectivity index (χ4v) is 2.89. The van der Waals surface area contributed by atoms with Crippen molar-refractivity contribution < 1.29 is 4.74 Å². The van der Waals surface area contributed by atoms with Crippen molar-refractivity contribution in [3.05, 3.63) is 38.8 Å². The van der Waals surface area contributed by atoms with E-state index in [1.807, 2.05) is 19.9 Å². The zero-order valence-electron chi connectivity index (χ0n) is 10.1. The molecule has 0 unspecified atom stereocenters. The maximum atomic E-state index is 5.65. The van der Waals surface area contributed by atoms with Crippen molar-refractivity contribution in [1.82, 2.24) is 5.32 Å². The third kappa shape index (κ3) is 4.82. The summed E-state index contributed by atoms with van der Waals surface area (Å²) in [7, 11) is 0. The highest BCUT2D eigenvalue weighted by Gasteiger charge is 2.09. The zero-order valence-corrected chi connectivity index (χ0v) is 13.3. The second-order valence-corrected chi connectivity index (χ2v) is 5.64. The lowest BCUT2D eigenvalue weighted by molar-refractivity contribution is 0.333. The smallest absolute Gasteiger partial charge is 0.138 e. The van der Waals surface area contributed by atoms with Crippen molar-refractivity contribution in [2.75, 3.05) is 13.2 Å². The van der Waals surface area contributed by atoms with Gasteiger partial charge in [0.2, 0.25) is 0 Å². The molecular formula is C13H17Br2NO. The van der Waals surface area contributed by atoms with Crippen LogP contribution < -0.4 is 10.1 Å². The van der Waals surface area contributed by atoms with Crippen LogP contribution in [-0.4, -0.2) is 13.2 Å². The summed E-state index contributed by atoms with van der Waals surface area (Å²) < 4.78 is 7.66. The van der Waals surface area contributed by atoms with Gasteiger partial charge in [-0.25, -0.2) is 0 Å². The number of hydrogen-bond donors (Lipinski definition) is 1. The first-order chi connectivity index (χ1) is 8.04. The monoisotopic (exact) mass is 361 g/mol. The molecule has 0 aliphatic rings. The molecule has 1 rings (SSSR count). The summed E-state index contributed by atoms with van der Waals surface area (Å²) in [6, 6.07) is 4.06. The van der Waals surface area contributed by atoms with Crippen molar-refractivity contribution in [2.24, 2.45) is 0 Å². The first-order valence-electron chi connectivity index (χ1n) is 5.50. The first-order valence-corrected chi connectivity index (χ1v) is 7.09. The van der Waals surface area contributed by atoms with Crippen LogP contribution in [-0.2, 0) is 6.54 Å². The molecule has 0 aliphatic heterocycles. The van der Waals surface area contributed by atoms with E-state index in [1.54, 1.807) is 0 Å². The highest BCUT2D eigenvalue weighted by atomic mass is 79.9. The van der Waals surface area contributed by atoms with Gasteiger partial charge >= 0.3 is 0 Å². The van der Waals surface area contributed by atoms with Crippen LogP contribution in [0.25, 0.3) is 0 Å². The van der Waals surface area contributed by atoms with Gasteiger partial charge in [-0.15, -0.1) is 0 Å². The Balaban J connectivity index is 2.83. The van der Waals surface area contributed by atoms with Gasteiger partial charge in [0.05, 0.1) is 11.1 Å². The number of nitrogens with one attached hydrogen (secondary N) is 1. The molecule has 0 saturated heterocycles. The van der Waals surface area contributed by atoms with E-state index < -0.39 is 0 Å². The number of ether oxygens (including phenoxy) is 1. The summed E-state index contributed by atoms with van der Waals surface area (Å²) in [4.78, 5) is 0. The lowest BCUT2D eigenvalue weighted by Crippen LogP contribution is -2.16. The lowest BCUT2D eigenvalue weighted by Gasteiger charge is -2.13. The maximum absolute atomic E-state index is 5.65. The molecule has 0 bridgehead atoms. The largest absolute Gasteiger partial charge is 0.492 e. The molecule has 1 N–H and O–H groups in total. The van der Waals surface area contributed by atoms with Gasteiger partial charge in [-0.3, -0.25) is 0 Å². The van der Waals surface area contributed by atoms with Crippen LogP contribution in [0.3, 0.4) is 0 Å². The van der Waals surface area contributed by atoms with Gasteiger partial charge in [0.15, 0.2) is 0 Å². The Kier molecular flexibility index (Phi) is 6.23. The molecule has 0 amide bonds. The van der Waals surface area contributed by atoms with Crippen LogP contribution in [0.4, 0.5) is 0 Å². The Bertz CT molecular complexity index is 405. The Morgan fingerprint density at radius 2 is 2.12 bits per heavy atom. The van der Waals surface area contributed by atoms with Gasteiger partial charge in [0.1, 0.15) is 5.75 Å². The summed E-state index contributed by atoms with van der Waals surface area (Å²) in [6.07, 6.45) is 0. The van der Waals surface area contributed by atoms with Crippen LogP contribution in [0.2, 0.25) is 0 Å². The van der Waals surface area contributed by atoms with E-state index in [9.17, 15) is 0 Å². The van der Waals surface area contributed by atoms with E-state index in [1.165, 1.54) is 0 Å². The van der Waals surface area contributed by atoms with Crippen molar-refractivity contribution in [3.63, 3.8) is 0 Å². The molecule has 2 nitrogen and oxygen atoms in total. The van der Waals surface area contributed by atoms with Crippen molar-refractivity contribution in [1.29, 1.82) is 0 Å². The molecule has 0 fully saturated rings. The quantitative estimate of drug-likeness (QED) is 0.762. The molecule has 0 aliphatic carbocycles. The van der Waals surface area contributed by atoms with E-state index in [4.69, 9.17) is 4.74 Å². The van der Waals surface area contributed by atoms with Gasteiger partial charge < -0.3 is 10.1 Å². The Morgan fingerprint density at radius 3 is 2.71 bits per heavy atom. The molecule has 0 radical (unpaired) electrons. The minimum absolute atomic E-state index is 0.660.